The van der Waals surface area contributed by atoms with Gasteiger partial charge in [0, 0.05) is 18.0 Å². The van der Waals surface area contributed by atoms with Gasteiger partial charge >= 0.3 is 10.2 Å². The predicted octanol–water partition coefficient (Wildman–Crippen LogP) is 1.96. The predicted molar refractivity (Wildman–Crippen MR) is 74.0 cm³/mol. The van der Waals surface area contributed by atoms with Crippen LogP contribution >= 0.6 is 27.3 Å². The molecule has 1 aromatic rings. The Hall–Kier alpha value is -0.990. The minimum Gasteiger partial charge on any atom is -0.293 e. The van der Waals surface area contributed by atoms with E-state index in [1.165, 1.54) is 17.4 Å². The van der Waals surface area contributed by atoms with Crippen LogP contribution in [0.4, 0.5) is 0 Å². The van der Waals surface area contributed by atoms with E-state index in [1.807, 2.05) is 0 Å². The van der Waals surface area contributed by atoms with Crippen molar-refractivity contribution in [1.29, 1.82) is 0 Å². The van der Waals surface area contributed by atoms with E-state index in [0.29, 0.717) is 4.88 Å². The van der Waals surface area contributed by atoms with Crippen LogP contribution in [0.1, 0.15) is 15.9 Å². The molecule has 0 spiro atoms. The summed E-state index contributed by atoms with van der Waals surface area (Å²) in [5, 5.41) is 0. The summed E-state index contributed by atoms with van der Waals surface area (Å²) in [5.41, 5.74) is -0.388. The van der Waals surface area contributed by atoms with Gasteiger partial charge < -0.3 is 0 Å². The van der Waals surface area contributed by atoms with Crippen LogP contribution in [0.25, 0.3) is 0 Å². The Labute approximate surface area is 121 Å². The number of halogens is 1. The number of allylic oxidation sites excluding steroid dienone is 2. The number of nitrogens with zero attached hydrogens (tertiary/aromatic N) is 2. The Balaban J connectivity index is 2.64. The van der Waals surface area contributed by atoms with Crippen LogP contribution in [-0.4, -0.2) is 31.2 Å². The summed E-state index contributed by atoms with van der Waals surface area (Å²) < 4.78 is 50.4. The number of hydrogen-bond donors (Lipinski definition) is 0. The second-order valence-electron chi connectivity index (χ2n) is 3.41. The summed E-state index contributed by atoms with van der Waals surface area (Å²) in [5.74, 6) is -0.669. The van der Waals surface area contributed by atoms with Crippen molar-refractivity contribution < 1.29 is 17.3 Å². The van der Waals surface area contributed by atoms with E-state index in [9.17, 15) is 13.2 Å². The maximum Gasteiger partial charge on any atom is 0.345 e. The molecule has 96 valence electrons. The number of carbonyl (C=O) groups excluding carboxylic acids is 1. The molecule has 2 heterocycles. The van der Waals surface area contributed by atoms with Gasteiger partial charge in [0.15, 0.2) is 5.78 Å². The minimum absolute atomic E-state index is 0.0383. The normalized spacial score (nSPS) is 21.4. The number of hydrogen-bond acceptors (Lipinski definition) is 4. The van der Waals surface area contributed by atoms with Gasteiger partial charge in [-0.3, -0.25) is 9.10 Å². The zero-order chi connectivity index (χ0) is 16.0. The Morgan fingerprint density at radius 1 is 1.56 bits per heavy atom. The molecule has 0 amide bonds. The minimum atomic E-state index is -4.50. The Morgan fingerprint density at radius 3 is 2.78 bits per heavy atom. The molecule has 0 atom stereocenters. The standard InChI is InChI=1S/C10H9BrN2O3S2/c1-6(14)8-5-7(9-3-4-10(11)17-9)12-18(15,16)13(8)2/h3-5H,1-2H3/i2D3. The summed E-state index contributed by atoms with van der Waals surface area (Å²) in [4.78, 5) is 12.1. The molecule has 0 unspecified atom stereocenters. The fourth-order valence-corrected chi connectivity index (χ4v) is 3.63. The zero-order valence-electron chi connectivity index (χ0n) is 12.0. The second kappa shape index (κ2) is 4.60. The first-order valence-corrected chi connectivity index (χ1v) is 7.67. The van der Waals surface area contributed by atoms with Gasteiger partial charge in [0.1, 0.15) is 0 Å². The number of Topliss-reactive ketones (excluding diaryl/α,β-unsaturated/α-hetero) is 1. The monoisotopic (exact) mass is 351 g/mol. The van der Waals surface area contributed by atoms with Crippen molar-refractivity contribution in [1.82, 2.24) is 4.31 Å². The summed E-state index contributed by atoms with van der Waals surface area (Å²) in [6.45, 7) is -1.91. The fraction of sp³-hybridized carbons (Fsp3) is 0.200. The molecule has 2 rings (SSSR count). The summed E-state index contributed by atoms with van der Waals surface area (Å²) in [6.07, 6.45) is 1.17. The molecular weight excluding hydrogens is 340 g/mol. The van der Waals surface area contributed by atoms with Gasteiger partial charge in [-0.15, -0.1) is 15.7 Å². The number of ketones is 1. The van der Waals surface area contributed by atoms with Crippen molar-refractivity contribution >= 4 is 49.0 Å². The zero-order valence-corrected chi connectivity index (χ0v) is 12.3. The lowest BCUT2D eigenvalue weighted by molar-refractivity contribution is -0.114. The first kappa shape index (κ1) is 9.88. The molecule has 1 aliphatic rings. The van der Waals surface area contributed by atoms with Gasteiger partial charge in [0.2, 0.25) is 0 Å². The van der Waals surface area contributed by atoms with Crippen LogP contribution in [0.15, 0.2) is 32.1 Å². The van der Waals surface area contributed by atoms with Crippen molar-refractivity contribution in [2.75, 3.05) is 6.98 Å². The lowest BCUT2D eigenvalue weighted by atomic mass is 10.2. The average molecular weight is 352 g/mol. The molecule has 0 bridgehead atoms. The van der Waals surface area contributed by atoms with E-state index in [4.69, 9.17) is 4.11 Å². The lowest BCUT2D eigenvalue weighted by Crippen LogP contribution is -2.32. The Kier molecular flexibility index (Phi) is 2.52. The van der Waals surface area contributed by atoms with E-state index in [-0.39, 0.29) is 10.0 Å². The molecule has 0 saturated carbocycles. The maximum absolute atomic E-state index is 12.1. The van der Waals surface area contributed by atoms with E-state index in [1.54, 1.807) is 12.1 Å². The molecule has 0 N–H and O–H groups in total. The van der Waals surface area contributed by atoms with E-state index < -0.39 is 28.7 Å². The van der Waals surface area contributed by atoms with Crippen LogP contribution in [0, 0.1) is 0 Å². The number of carbonyl (C=O) groups is 1. The van der Waals surface area contributed by atoms with E-state index in [2.05, 4.69) is 20.3 Å². The van der Waals surface area contributed by atoms with Crippen molar-refractivity contribution in [2.45, 2.75) is 6.92 Å². The Morgan fingerprint density at radius 2 is 2.28 bits per heavy atom. The van der Waals surface area contributed by atoms with Crippen molar-refractivity contribution in [3.8, 4) is 0 Å². The van der Waals surface area contributed by atoms with Gasteiger partial charge in [-0.25, -0.2) is 0 Å². The van der Waals surface area contributed by atoms with Crippen LogP contribution in [0.3, 0.4) is 0 Å². The van der Waals surface area contributed by atoms with Crippen LogP contribution in [0.2, 0.25) is 0 Å². The summed E-state index contributed by atoms with van der Waals surface area (Å²) >= 11 is 4.46. The number of thiophene rings is 1. The molecular formula is C10H9BrN2O3S2. The van der Waals surface area contributed by atoms with Gasteiger partial charge in [0.25, 0.3) is 0 Å². The van der Waals surface area contributed by atoms with Crippen LogP contribution in [-0.2, 0) is 15.0 Å². The molecule has 1 aliphatic heterocycles. The average Bonchev–Trinajstić information content (AvgIpc) is 2.71. The molecule has 0 aliphatic carbocycles. The first-order valence-electron chi connectivity index (χ1n) is 6.16. The number of likely N-dealkylation sites (N-methyl/N-ethyl adjacent to an activating group) is 1. The molecule has 1 aromatic heterocycles. The molecule has 0 radical (unpaired) electrons. The largest absolute Gasteiger partial charge is 0.345 e. The summed E-state index contributed by atoms with van der Waals surface area (Å²) in [7, 11) is -4.50. The van der Waals surface area contributed by atoms with Crippen molar-refractivity contribution in [3.63, 3.8) is 0 Å². The second-order valence-corrected chi connectivity index (χ2v) is 7.31. The highest BCUT2D eigenvalue weighted by atomic mass is 79.9. The third kappa shape index (κ3) is 2.40. The highest BCUT2D eigenvalue weighted by Gasteiger charge is 2.28. The molecule has 5 nitrogen and oxygen atoms in total. The lowest BCUT2D eigenvalue weighted by Gasteiger charge is -2.21. The fourth-order valence-electron chi connectivity index (χ4n) is 1.32. The molecule has 18 heavy (non-hydrogen) atoms. The van der Waals surface area contributed by atoms with Crippen molar-refractivity contribution in [2.24, 2.45) is 4.40 Å². The topological polar surface area (TPSA) is 66.8 Å². The third-order valence-corrected chi connectivity index (χ3v) is 4.85. The Bertz CT molecular complexity index is 765. The van der Waals surface area contributed by atoms with Crippen LogP contribution in [0.5, 0.6) is 0 Å². The van der Waals surface area contributed by atoms with E-state index >= 15 is 0 Å². The van der Waals surface area contributed by atoms with Gasteiger partial charge in [-0.1, -0.05) is 0 Å². The van der Waals surface area contributed by atoms with Crippen LogP contribution < -0.4 is 0 Å². The molecule has 0 fully saturated rings. The van der Waals surface area contributed by atoms with Gasteiger partial charge in [0.05, 0.1) is 20.1 Å². The first-order chi connectivity index (χ1) is 9.52. The van der Waals surface area contributed by atoms with Crippen molar-refractivity contribution in [3.05, 3.63) is 32.6 Å². The number of rotatable bonds is 2. The highest BCUT2D eigenvalue weighted by molar-refractivity contribution is 9.11. The van der Waals surface area contributed by atoms with E-state index in [0.717, 1.165) is 10.7 Å². The third-order valence-electron chi connectivity index (χ3n) is 2.12. The molecule has 0 aromatic carbocycles. The highest BCUT2D eigenvalue weighted by Crippen LogP contribution is 2.26. The maximum atomic E-state index is 12.1. The quantitative estimate of drug-likeness (QED) is 0.817. The van der Waals surface area contributed by atoms with Gasteiger partial charge in [-0.2, -0.15) is 8.42 Å². The molecule has 0 saturated heterocycles. The van der Waals surface area contributed by atoms with Gasteiger partial charge in [-0.05, 0) is 34.1 Å². The SMILES string of the molecule is [2H]C([2H])([2H])N1C(C(C)=O)=CC(c2ccc(Br)s2)=NS1(=O)=O. The molecule has 8 heteroatoms. The smallest absolute Gasteiger partial charge is 0.293 e. The summed E-state index contributed by atoms with van der Waals surface area (Å²) in [6, 6.07) is 3.33.